The van der Waals surface area contributed by atoms with Gasteiger partial charge >= 0.3 is 17.9 Å². The maximum atomic E-state index is 12.0. The number of rotatable bonds is 7. The molecular weight excluding hydrogens is 308 g/mol. The third-order valence-corrected chi connectivity index (χ3v) is 3.26. The van der Waals surface area contributed by atoms with Crippen LogP contribution in [0.1, 0.15) is 31.1 Å². The van der Waals surface area contributed by atoms with Gasteiger partial charge in [0.25, 0.3) is 0 Å². The smallest absolute Gasteiger partial charge is 0.338 e. The lowest BCUT2D eigenvalue weighted by atomic mass is 10.1. The number of carboxylic acid groups (broad SMARTS) is 1. The van der Waals surface area contributed by atoms with E-state index in [-0.39, 0.29) is 42.1 Å². The number of carbonyl (C=O) groups is 3. The van der Waals surface area contributed by atoms with E-state index in [4.69, 9.17) is 24.1 Å². The summed E-state index contributed by atoms with van der Waals surface area (Å²) in [6.45, 7) is 1.25. The van der Waals surface area contributed by atoms with Crippen molar-refractivity contribution in [1.29, 1.82) is 0 Å². The molecule has 3 rings (SSSR count). The van der Waals surface area contributed by atoms with Crippen molar-refractivity contribution in [2.75, 3.05) is 26.4 Å². The maximum Gasteiger partial charge on any atom is 0.338 e. The minimum Gasteiger partial charge on any atom is -0.478 e. The van der Waals surface area contributed by atoms with Gasteiger partial charge in [-0.2, -0.15) is 0 Å². The summed E-state index contributed by atoms with van der Waals surface area (Å²) in [7, 11) is 0. The zero-order valence-electron chi connectivity index (χ0n) is 12.0. The van der Waals surface area contributed by atoms with Gasteiger partial charge in [-0.25, -0.2) is 14.4 Å². The van der Waals surface area contributed by atoms with Crippen LogP contribution in [0, 0.1) is 0 Å². The van der Waals surface area contributed by atoms with Gasteiger partial charge in [-0.1, -0.05) is 0 Å². The lowest BCUT2D eigenvalue weighted by molar-refractivity contribution is 0.0474. The molecule has 2 aliphatic heterocycles. The lowest BCUT2D eigenvalue weighted by Gasteiger charge is -2.08. The fourth-order valence-corrected chi connectivity index (χ4v) is 1.82. The molecule has 0 aliphatic carbocycles. The largest absolute Gasteiger partial charge is 0.478 e. The number of esters is 2. The number of ether oxygens (including phenoxy) is 4. The molecule has 0 saturated carbocycles. The monoisotopic (exact) mass is 322 g/mol. The summed E-state index contributed by atoms with van der Waals surface area (Å²) in [6, 6.07) is 3.55. The first-order valence-corrected chi connectivity index (χ1v) is 6.99. The fourth-order valence-electron chi connectivity index (χ4n) is 1.82. The number of carboxylic acids is 1. The van der Waals surface area contributed by atoms with Gasteiger partial charge in [-0.15, -0.1) is 0 Å². The van der Waals surface area contributed by atoms with Crippen LogP contribution in [0.5, 0.6) is 0 Å². The topological polar surface area (TPSA) is 115 Å². The molecule has 1 N–H and O–H groups in total. The molecule has 122 valence electrons. The fraction of sp³-hybridized carbons (Fsp3) is 0.400. The van der Waals surface area contributed by atoms with Crippen molar-refractivity contribution >= 4 is 17.9 Å². The van der Waals surface area contributed by atoms with Crippen LogP contribution in [0.25, 0.3) is 0 Å². The van der Waals surface area contributed by atoms with E-state index in [1.807, 2.05) is 0 Å². The van der Waals surface area contributed by atoms with Crippen molar-refractivity contribution in [3.63, 3.8) is 0 Å². The van der Waals surface area contributed by atoms with E-state index in [1.54, 1.807) is 0 Å². The van der Waals surface area contributed by atoms with Crippen LogP contribution < -0.4 is 0 Å². The standard InChI is InChI=1S/C15H14O8/c16-13(17)8-1-9(14(18)22-6-11-4-20-11)3-10(2-8)15(19)23-7-12-5-21-12/h1-3,11-12H,4-7H2,(H,16,17). The van der Waals surface area contributed by atoms with Gasteiger partial charge in [0, 0.05) is 0 Å². The van der Waals surface area contributed by atoms with Crippen molar-refractivity contribution in [2.24, 2.45) is 0 Å². The van der Waals surface area contributed by atoms with Crippen molar-refractivity contribution < 1.29 is 38.4 Å². The average molecular weight is 322 g/mol. The highest BCUT2D eigenvalue weighted by atomic mass is 16.6. The minimum absolute atomic E-state index is 0.0276. The number of hydrogen-bond acceptors (Lipinski definition) is 7. The van der Waals surface area contributed by atoms with Crippen LogP contribution in [0.3, 0.4) is 0 Å². The minimum atomic E-state index is -1.26. The van der Waals surface area contributed by atoms with Crippen LogP contribution >= 0.6 is 0 Å². The number of benzene rings is 1. The molecule has 2 fully saturated rings. The van der Waals surface area contributed by atoms with E-state index in [1.165, 1.54) is 6.07 Å². The molecule has 2 aliphatic rings. The van der Waals surface area contributed by atoms with E-state index in [9.17, 15) is 14.4 Å². The molecule has 2 atom stereocenters. The normalized spacial score (nSPS) is 21.4. The second kappa shape index (κ2) is 6.35. The molecule has 1 aromatic carbocycles. The number of carbonyl (C=O) groups excluding carboxylic acids is 2. The predicted octanol–water partition coefficient (Wildman–Crippen LogP) is 0.496. The second-order valence-electron chi connectivity index (χ2n) is 5.21. The second-order valence-corrected chi connectivity index (χ2v) is 5.21. The molecule has 2 heterocycles. The lowest BCUT2D eigenvalue weighted by Crippen LogP contribution is -2.15. The molecule has 0 aromatic heterocycles. The molecule has 8 nitrogen and oxygen atoms in total. The van der Waals surface area contributed by atoms with Gasteiger partial charge in [-0.05, 0) is 18.2 Å². The number of aromatic carboxylic acids is 1. The van der Waals surface area contributed by atoms with Gasteiger partial charge < -0.3 is 24.1 Å². The highest BCUT2D eigenvalue weighted by Gasteiger charge is 2.27. The van der Waals surface area contributed by atoms with Gasteiger partial charge in [0.1, 0.15) is 25.4 Å². The number of hydrogen-bond donors (Lipinski definition) is 1. The summed E-state index contributed by atoms with van der Waals surface area (Å²) in [5.41, 5.74) is -0.253. The van der Waals surface area contributed by atoms with Crippen LogP contribution in [0.4, 0.5) is 0 Å². The summed E-state index contributed by atoms with van der Waals surface area (Å²) in [6.07, 6.45) is -0.214. The van der Waals surface area contributed by atoms with Gasteiger partial charge in [0.15, 0.2) is 0 Å². The quantitative estimate of drug-likeness (QED) is 0.570. The molecule has 0 bridgehead atoms. The molecule has 2 saturated heterocycles. The van der Waals surface area contributed by atoms with E-state index in [2.05, 4.69) is 0 Å². The molecule has 0 amide bonds. The Kier molecular flexibility index (Phi) is 4.26. The molecule has 0 radical (unpaired) electrons. The Morgan fingerprint density at radius 1 is 0.913 bits per heavy atom. The number of epoxide rings is 2. The van der Waals surface area contributed by atoms with Gasteiger partial charge in [0.2, 0.25) is 0 Å². The Bertz CT molecular complexity index is 599. The molecule has 2 unspecified atom stereocenters. The van der Waals surface area contributed by atoms with Crippen LogP contribution in [-0.4, -0.2) is 61.6 Å². The van der Waals surface area contributed by atoms with Crippen molar-refractivity contribution in [1.82, 2.24) is 0 Å². The van der Waals surface area contributed by atoms with E-state index in [0.717, 1.165) is 12.1 Å². The van der Waals surface area contributed by atoms with E-state index >= 15 is 0 Å². The first-order chi connectivity index (χ1) is 11.0. The van der Waals surface area contributed by atoms with Crippen LogP contribution in [-0.2, 0) is 18.9 Å². The van der Waals surface area contributed by atoms with Gasteiger partial charge in [-0.3, -0.25) is 0 Å². The Morgan fingerprint density at radius 2 is 1.30 bits per heavy atom. The maximum absolute atomic E-state index is 12.0. The third kappa shape index (κ3) is 4.27. The van der Waals surface area contributed by atoms with Crippen molar-refractivity contribution in [3.8, 4) is 0 Å². The Hall–Kier alpha value is -2.45. The highest BCUT2D eigenvalue weighted by molar-refractivity contribution is 6.00. The van der Waals surface area contributed by atoms with Gasteiger partial charge in [0.05, 0.1) is 29.9 Å². The van der Waals surface area contributed by atoms with E-state index < -0.39 is 17.9 Å². The summed E-state index contributed by atoms with van der Waals surface area (Å²) in [5.74, 6) is -2.70. The Morgan fingerprint density at radius 3 is 1.65 bits per heavy atom. The Labute approximate surface area is 130 Å². The van der Waals surface area contributed by atoms with Crippen molar-refractivity contribution in [3.05, 3.63) is 34.9 Å². The SMILES string of the molecule is O=C(O)c1cc(C(=O)OCC2CO2)cc(C(=O)OCC2CO2)c1. The molecule has 23 heavy (non-hydrogen) atoms. The average Bonchev–Trinajstić information content (AvgIpc) is 3.44. The van der Waals surface area contributed by atoms with E-state index in [0.29, 0.717) is 13.2 Å². The summed E-state index contributed by atoms with van der Waals surface area (Å²) >= 11 is 0. The van der Waals surface area contributed by atoms with Crippen LogP contribution in [0.2, 0.25) is 0 Å². The predicted molar refractivity (Wildman–Crippen MR) is 73.4 cm³/mol. The highest BCUT2D eigenvalue weighted by Crippen LogP contribution is 2.16. The third-order valence-electron chi connectivity index (χ3n) is 3.26. The summed E-state index contributed by atoms with van der Waals surface area (Å²) in [5, 5.41) is 9.11. The zero-order valence-corrected chi connectivity index (χ0v) is 12.0. The summed E-state index contributed by atoms with van der Waals surface area (Å²) < 4.78 is 19.8. The molecule has 1 aromatic rings. The zero-order chi connectivity index (χ0) is 16.4. The summed E-state index contributed by atoms with van der Waals surface area (Å²) in [4.78, 5) is 35.1. The first-order valence-electron chi connectivity index (χ1n) is 6.99. The Balaban J connectivity index is 1.74. The van der Waals surface area contributed by atoms with Crippen LogP contribution in [0.15, 0.2) is 18.2 Å². The molecule has 8 heteroatoms. The molecule has 0 spiro atoms. The van der Waals surface area contributed by atoms with Crippen molar-refractivity contribution in [2.45, 2.75) is 12.2 Å². The first kappa shape index (κ1) is 15.4. The molecular formula is C15H14O8.